The van der Waals surface area contributed by atoms with Crippen LogP contribution in [0.1, 0.15) is 24.2 Å². The lowest BCUT2D eigenvalue weighted by Gasteiger charge is -2.11. The second-order valence-corrected chi connectivity index (χ2v) is 6.85. The minimum Gasteiger partial charge on any atom is -0.491 e. The number of rotatable bonds is 4. The number of hydrogen-bond acceptors (Lipinski definition) is 2. The maximum absolute atomic E-state index is 12.2. The van der Waals surface area contributed by atoms with E-state index in [0.717, 1.165) is 19.5 Å². The molecule has 21 heavy (non-hydrogen) atoms. The fourth-order valence-corrected chi connectivity index (χ4v) is 3.18. The summed E-state index contributed by atoms with van der Waals surface area (Å²) in [6.07, 6.45) is 0.119. The highest BCUT2D eigenvalue weighted by atomic mass is 127. The molecule has 2 aromatic rings. The van der Waals surface area contributed by atoms with E-state index in [4.69, 9.17) is 4.74 Å². The zero-order chi connectivity index (χ0) is 15.4. The van der Waals surface area contributed by atoms with Gasteiger partial charge in [0, 0.05) is 13.6 Å². The first-order valence-corrected chi connectivity index (χ1v) is 8.36. The van der Waals surface area contributed by atoms with Crippen LogP contribution in [-0.2, 0) is 0 Å². The van der Waals surface area contributed by atoms with Crippen LogP contribution in [0, 0.1) is 3.57 Å². The van der Waals surface area contributed by atoms with Gasteiger partial charge in [0.15, 0.2) is 0 Å². The van der Waals surface area contributed by atoms with Crippen LogP contribution in [0.5, 0.6) is 5.75 Å². The number of nitrogens with one attached hydrogen (secondary N) is 1. The number of ether oxygens (including phenoxy) is 1. The molecule has 0 fully saturated rings. The fourth-order valence-electron chi connectivity index (χ4n) is 1.74. The average molecular weight is 460 g/mol. The van der Waals surface area contributed by atoms with Crippen LogP contribution < -0.4 is 10.1 Å². The Morgan fingerprint density at radius 2 is 1.86 bits per heavy atom. The van der Waals surface area contributed by atoms with Crippen molar-refractivity contribution < 1.29 is 9.53 Å². The SMILES string of the molecule is CC(C)Oc1ccc(C(=O)Nc2ccc(Br)cc2I)cc1. The van der Waals surface area contributed by atoms with Gasteiger partial charge in [-0.1, -0.05) is 15.9 Å². The van der Waals surface area contributed by atoms with Crippen LogP contribution in [0.15, 0.2) is 46.9 Å². The molecule has 0 atom stereocenters. The van der Waals surface area contributed by atoms with Gasteiger partial charge >= 0.3 is 0 Å². The normalized spacial score (nSPS) is 10.5. The van der Waals surface area contributed by atoms with Crippen molar-refractivity contribution in [1.29, 1.82) is 0 Å². The molecule has 2 rings (SSSR count). The second kappa shape index (κ2) is 7.26. The monoisotopic (exact) mass is 459 g/mol. The maximum atomic E-state index is 12.2. The fraction of sp³-hybridized carbons (Fsp3) is 0.188. The van der Waals surface area contributed by atoms with E-state index in [1.807, 2.05) is 44.2 Å². The minimum absolute atomic E-state index is 0.119. The molecule has 1 amide bonds. The van der Waals surface area contributed by atoms with Crippen LogP contribution in [0.2, 0.25) is 0 Å². The molecule has 0 radical (unpaired) electrons. The third-order valence-electron chi connectivity index (χ3n) is 2.67. The quantitative estimate of drug-likeness (QED) is 0.646. The molecule has 110 valence electrons. The van der Waals surface area contributed by atoms with Gasteiger partial charge < -0.3 is 10.1 Å². The smallest absolute Gasteiger partial charge is 0.255 e. The van der Waals surface area contributed by atoms with E-state index in [9.17, 15) is 4.79 Å². The summed E-state index contributed by atoms with van der Waals surface area (Å²) in [6.45, 7) is 3.94. The van der Waals surface area contributed by atoms with Gasteiger partial charge in [-0.3, -0.25) is 4.79 Å². The maximum Gasteiger partial charge on any atom is 0.255 e. The Morgan fingerprint density at radius 1 is 1.19 bits per heavy atom. The van der Waals surface area contributed by atoms with Crippen molar-refractivity contribution in [3.63, 3.8) is 0 Å². The molecule has 1 N–H and O–H groups in total. The van der Waals surface area contributed by atoms with Gasteiger partial charge in [0.2, 0.25) is 0 Å². The van der Waals surface area contributed by atoms with Gasteiger partial charge in [-0.2, -0.15) is 0 Å². The number of amides is 1. The van der Waals surface area contributed by atoms with E-state index in [0.29, 0.717) is 5.56 Å². The van der Waals surface area contributed by atoms with Crippen LogP contribution in [0.3, 0.4) is 0 Å². The van der Waals surface area contributed by atoms with E-state index >= 15 is 0 Å². The van der Waals surface area contributed by atoms with Gasteiger partial charge in [-0.05, 0) is 78.9 Å². The molecule has 0 bridgehead atoms. The molecule has 0 spiro atoms. The van der Waals surface area contributed by atoms with Crippen molar-refractivity contribution in [3.05, 3.63) is 56.1 Å². The predicted octanol–water partition coefficient (Wildman–Crippen LogP) is 5.09. The van der Waals surface area contributed by atoms with Crippen molar-refractivity contribution in [1.82, 2.24) is 0 Å². The zero-order valence-corrected chi connectivity index (χ0v) is 15.4. The van der Waals surface area contributed by atoms with Gasteiger partial charge in [-0.25, -0.2) is 0 Å². The summed E-state index contributed by atoms with van der Waals surface area (Å²) in [4.78, 5) is 12.2. The molecule has 2 aromatic carbocycles. The number of halogens is 2. The molecule has 0 aliphatic heterocycles. The minimum atomic E-state index is -0.133. The highest BCUT2D eigenvalue weighted by Crippen LogP contribution is 2.23. The summed E-state index contributed by atoms with van der Waals surface area (Å²) in [5.74, 6) is 0.631. The van der Waals surface area contributed by atoms with Crippen molar-refractivity contribution in [2.24, 2.45) is 0 Å². The number of hydrogen-bond donors (Lipinski definition) is 1. The highest BCUT2D eigenvalue weighted by Gasteiger charge is 2.09. The largest absolute Gasteiger partial charge is 0.491 e. The standard InChI is InChI=1S/C16H15BrINO2/c1-10(2)21-13-6-3-11(4-7-13)16(20)19-15-8-5-12(17)9-14(15)18/h3-10H,1-2H3,(H,19,20). The summed E-state index contributed by atoms with van der Waals surface area (Å²) >= 11 is 5.60. The molecule has 0 saturated carbocycles. The lowest BCUT2D eigenvalue weighted by atomic mass is 10.2. The molecule has 0 aliphatic carbocycles. The lowest BCUT2D eigenvalue weighted by Crippen LogP contribution is -2.13. The first-order valence-electron chi connectivity index (χ1n) is 6.49. The number of carbonyl (C=O) groups excluding carboxylic acids is 1. The number of benzene rings is 2. The Bertz CT molecular complexity index is 641. The third kappa shape index (κ3) is 4.71. The van der Waals surface area contributed by atoms with Crippen LogP contribution in [0.25, 0.3) is 0 Å². The van der Waals surface area contributed by atoms with Crippen molar-refractivity contribution in [2.75, 3.05) is 5.32 Å². The predicted molar refractivity (Wildman–Crippen MR) is 97.0 cm³/mol. The summed E-state index contributed by atoms with van der Waals surface area (Å²) in [7, 11) is 0. The van der Waals surface area contributed by atoms with Crippen LogP contribution in [0.4, 0.5) is 5.69 Å². The Hall–Kier alpha value is -1.08. The highest BCUT2D eigenvalue weighted by molar-refractivity contribution is 14.1. The molecule has 0 aromatic heterocycles. The molecule has 0 unspecified atom stereocenters. The first-order chi connectivity index (χ1) is 9.95. The Labute approximate surface area is 146 Å². The van der Waals surface area contributed by atoms with E-state index in [2.05, 4.69) is 43.8 Å². The summed E-state index contributed by atoms with van der Waals surface area (Å²) < 4.78 is 7.53. The zero-order valence-electron chi connectivity index (χ0n) is 11.7. The Morgan fingerprint density at radius 3 is 2.43 bits per heavy atom. The van der Waals surface area contributed by atoms with Crippen LogP contribution >= 0.6 is 38.5 Å². The first kappa shape index (κ1) is 16.3. The summed E-state index contributed by atoms with van der Waals surface area (Å²) in [5, 5.41) is 2.91. The van der Waals surface area contributed by atoms with Gasteiger partial charge in [-0.15, -0.1) is 0 Å². The van der Waals surface area contributed by atoms with E-state index in [-0.39, 0.29) is 12.0 Å². The Kier molecular flexibility index (Phi) is 5.64. The molecule has 0 aliphatic rings. The van der Waals surface area contributed by atoms with Crippen LogP contribution in [-0.4, -0.2) is 12.0 Å². The van der Waals surface area contributed by atoms with Gasteiger partial charge in [0.25, 0.3) is 5.91 Å². The third-order valence-corrected chi connectivity index (χ3v) is 4.05. The molecular formula is C16H15BrINO2. The molecule has 0 saturated heterocycles. The molecule has 0 heterocycles. The van der Waals surface area contributed by atoms with Gasteiger partial charge in [0.05, 0.1) is 11.8 Å². The molecular weight excluding hydrogens is 445 g/mol. The van der Waals surface area contributed by atoms with E-state index in [1.165, 1.54) is 0 Å². The lowest BCUT2D eigenvalue weighted by molar-refractivity contribution is 0.102. The van der Waals surface area contributed by atoms with Crippen molar-refractivity contribution in [2.45, 2.75) is 20.0 Å². The van der Waals surface area contributed by atoms with E-state index in [1.54, 1.807) is 12.1 Å². The topological polar surface area (TPSA) is 38.3 Å². The summed E-state index contributed by atoms with van der Waals surface area (Å²) in [6, 6.07) is 12.9. The average Bonchev–Trinajstić information content (AvgIpc) is 2.42. The van der Waals surface area contributed by atoms with E-state index < -0.39 is 0 Å². The Balaban J connectivity index is 2.09. The van der Waals surface area contributed by atoms with Crippen molar-refractivity contribution in [3.8, 4) is 5.75 Å². The number of carbonyl (C=O) groups is 1. The number of anilines is 1. The molecule has 5 heteroatoms. The van der Waals surface area contributed by atoms with Crippen molar-refractivity contribution >= 4 is 50.1 Å². The molecule has 3 nitrogen and oxygen atoms in total. The van der Waals surface area contributed by atoms with Gasteiger partial charge in [0.1, 0.15) is 5.75 Å². The second-order valence-electron chi connectivity index (χ2n) is 4.77. The summed E-state index contributed by atoms with van der Waals surface area (Å²) in [5.41, 5.74) is 1.40.